The molecule has 0 aromatic heterocycles. The second-order valence-electron chi connectivity index (χ2n) is 1.82. The highest BCUT2D eigenvalue weighted by Crippen LogP contribution is 1.87. The molecule has 0 aliphatic heterocycles. The van der Waals surface area contributed by atoms with Gasteiger partial charge in [-0.3, -0.25) is 14.9 Å². The van der Waals surface area contributed by atoms with Gasteiger partial charge in [0.1, 0.15) is 6.04 Å². The van der Waals surface area contributed by atoms with Crippen molar-refractivity contribution in [1.29, 1.82) is 0 Å². The van der Waals surface area contributed by atoms with Crippen molar-refractivity contribution in [3.63, 3.8) is 0 Å². The molecule has 0 aromatic rings. The Balaban J connectivity index is 3.70. The summed E-state index contributed by atoms with van der Waals surface area (Å²) >= 11 is 5.21. The van der Waals surface area contributed by atoms with Crippen LogP contribution in [0.15, 0.2) is 0 Å². The van der Waals surface area contributed by atoms with Crippen LogP contribution in [0.3, 0.4) is 0 Å². The molecule has 0 aliphatic rings. The zero-order valence-corrected chi connectivity index (χ0v) is 6.34. The van der Waals surface area contributed by atoms with Gasteiger partial charge in [-0.05, 0) is 0 Å². The van der Waals surface area contributed by atoms with Gasteiger partial charge in [0, 0.05) is 5.88 Å². The Morgan fingerprint density at radius 1 is 1.45 bits per heavy atom. The number of carboxylic acids is 2. The number of hydrogen-bond acceptors (Lipinski definition) is 3. The molecule has 0 unspecified atom stereocenters. The molecular formula is C5H8ClNO4. The molecule has 0 spiro atoms. The van der Waals surface area contributed by atoms with Crippen LogP contribution >= 0.6 is 11.6 Å². The highest BCUT2D eigenvalue weighted by atomic mass is 35.5. The van der Waals surface area contributed by atoms with Crippen LogP contribution in [0.2, 0.25) is 0 Å². The molecule has 0 aromatic carbocycles. The fourth-order valence-corrected chi connectivity index (χ4v) is 0.659. The number of aliphatic carboxylic acids is 2. The standard InChI is InChI=1S/C5H8ClNO4/c6-1-3(5(10)11)7-2-4(8)9/h3,7H,1-2H2,(H,8,9)(H,10,11)/t3-/m1/s1. The number of halogens is 1. The van der Waals surface area contributed by atoms with E-state index < -0.39 is 24.5 Å². The highest BCUT2D eigenvalue weighted by Gasteiger charge is 2.15. The molecule has 11 heavy (non-hydrogen) atoms. The molecule has 0 aliphatic carbocycles. The maximum absolute atomic E-state index is 10.2. The number of hydrogen-bond donors (Lipinski definition) is 3. The van der Waals surface area contributed by atoms with Crippen molar-refractivity contribution in [3.8, 4) is 0 Å². The summed E-state index contributed by atoms with van der Waals surface area (Å²) in [5.41, 5.74) is 0. The lowest BCUT2D eigenvalue weighted by Gasteiger charge is -2.07. The van der Waals surface area contributed by atoms with E-state index in [1.165, 1.54) is 0 Å². The van der Waals surface area contributed by atoms with Crippen LogP contribution in [0.5, 0.6) is 0 Å². The fraction of sp³-hybridized carbons (Fsp3) is 0.600. The average molecular weight is 182 g/mol. The van der Waals surface area contributed by atoms with Crippen LogP contribution in [-0.2, 0) is 9.59 Å². The lowest BCUT2D eigenvalue weighted by Crippen LogP contribution is -2.40. The molecule has 0 saturated heterocycles. The second kappa shape index (κ2) is 4.92. The van der Waals surface area contributed by atoms with E-state index in [0.717, 1.165) is 0 Å². The number of alkyl halides is 1. The Labute approximate surface area is 68.0 Å². The van der Waals surface area contributed by atoms with Gasteiger partial charge in [0.05, 0.1) is 6.54 Å². The summed E-state index contributed by atoms with van der Waals surface area (Å²) in [6, 6.07) is -0.993. The molecule has 0 fully saturated rings. The smallest absolute Gasteiger partial charge is 0.321 e. The maximum Gasteiger partial charge on any atom is 0.321 e. The van der Waals surface area contributed by atoms with Crippen LogP contribution in [0, 0.1) is 0 Å². The van der Waals surface area contributed by atoms with Gasteiger partial charge in [-0.2, -0.15) is 0 Å². The summed E-state index contributed by atoms with van der Waals surface area (Å²) in [6.45, 7) is -0.399. The predicted molar refractivity (Wildman–Crippen MR) is 37.8 cm³/mol. The second-order valence-corrected chi connectivity index (χ2v) is 2.13. The first-order valence-corrected chi connectivity index (χ1v) is 3.35. The Morgan fingerprint density at radius 2 is 2.00 bits per heavy atom. The summed E-state index contributed by atoms with van der Waals surface area (Å²) in [7, 11) is 0. The third-order valence-corrected chi connectivity index (χ3v) is 1.26. The minimum Gasteiger partial charge on any atom is -0.480 e. The van der Waals surface area contributed by atoms with E-state index in [1.54, 1.807) is 0 Å². The third kappa shape index (κ3) is 4.58. The van der Waals surface area contributed by atoms with Crippen LogP contribution in [0.25, 0.3) is 0 Å². The van der Waals surface area contributed by atoms with Crippen LogP contribution in [0.4, 0.5) is 0 Å². The summed E-state index contributed by atoms with van der Waals surface area (Å²) in [5, 5.41) is 18.7. The van der Waals surface area contributed by atoms with Crippen LogP contribution in [0.1, 0.15) is 0 Å². The minimum atomic E-state index is -1.15. The highest BCUT2D eigenvalue weighted by molar-refractivity contribution is 6.19. The molecule has 64 valence electrons. The van der Waals surface area contributed by atoms with Gasteiger partial charge in [-0.15, -0.1) is 11.6 Å². The van der Waals surface area contributed by atoms with E-state index in [2.05, 4.69) is 5.32 Å². The molecule has 0 amide bonds. The molecule has 5 nitrogen and oxygen atoms in total. The van der Waals surface area contributed by atoms with Crippen molar-refractivity contribution in [1.82, 2.24) is 5.32 Å². The molecule has 3 N–H and O–H groups in total. The van der Waals surface area contributed by atoms with E-state index in [0.29, 0.717) is 0 Å². The van der Waals surface area contributed by atoms with Crippen molar-refractivity contribution >= 4 is 23.5 Å². The van der Waals surface area contributed by atoms with E-state index >= 15 is 0 Å². The molecular weight excluding hydrogens is 174 g/mol. The molecule has 6 heteroatoms. The molecule has 0 radical (unpaired) electrons. The predicted octanol–water partition coefficient (Wildman–Crippen LogP) is -0.647. The average Bonchev–Trinajstić information content (AvgIpc) is 1.87. The quantitative estimate of drug-likeness (QED) is 0.491. The lowest BCUT2D eigenvalue weighted by molar-refractivity contribution is -0.139. The largest absolute Gasteiger partial charge is 0.480 e. The van der Waals surface area contributed by atoms with E-state index in [1.807, 2.05) is 0 Å². The first-order chi connectivity index (χ1) is 5.07. The van der Waals surface area contributed by atoms with Gasteiger partial charge in [-0.1, -0.05) is 0 Å². The Kier molecular flexibility index (Phi) is 4.56. The van der Waals surface area contributed by atoms with E-state index in [-0.39, 0.29) is 5.88 Å². The van der Waals surface area contributed by atoms with Gasteiger partial charge >= 0.3 is 11.9 Å². The zero-order chi connectivity index (χ0) is 8.85. The van der Waals surface area contributed by atoms with Crippen LogP contribution < -0.4 is 5.32 Å². The van der Waals surface area contributed by atoms with Gasteiger partial charge in [0.2, 0.25) is 0 Å². The molecule has 0 rings (SSSR count). The van der Waals surface area contributed by atoms with Crippen molar-refractivity contribution in [2.75, 3.05) is 12.4 Å². The summed E-state index contributed by atoms with van der Waals surface area (Å²) in [4.78, 5) is 20.1. The van der Waals surface area contributed by atoms with Gasteiger partial charge in [0.25, 0.3) is 0 Å². The SMILES string of the molecule is O=C(O)CN[C@H](CCl)C(=O)O. The first-order valence-electron chi connectivity index (χ1n) is 2.82. The van der Waals surface area contributed by atoms with Crippen molar-refractivity contribution in [2.45, 2.75) is 6.04 Å². The fourth-order valence-electron chi connectivity index (χ4n) is 0.418. The third-order valence-electron chi connectivity index (χ3n) is 0.952. The number of carbonyl (C=O) groups is 2. The topological polar surface area (TPSA) is 86.6 Å². The van der Waals surface area contributed by atoms with Crippen LogP contribution in [-0.4, -0.2) is 40.6 Å². The van der Waals surface area contributed by atoms with E-state index in [4.69, 9.17) is 21.8 Å². The summed E-state index contributed by atoms with van der Waals surface area (Å²) in [5.74, 6) is -2.41. The molecule has 0 saturated carbocycles. The number of rotatable bonds is 5. The monoisotopic (exact) mass is 181 g/mol. The van der Waals surface area contributed by atoms with Crippen molar-refractivity contribution in [2.24, 2.45) is 0 Å². The Hall–Kier alpha value is -0.810. The molecule has 0 bridgehead atoms. The molecule has 0 heterocycles. The maximum atomic E-state index is 10.2. The number of carboxylic acid groups (broad SMARTS) is 2. The minimum absolute atomic E-state index is 0.150. The summed E-state index contributed by atoms with van der Waals surface area (Å²) in [6.07, 6.45) is 0. The van der Waals surface area contributed by atoms with Gasteiger partial charge < -0.3 is 10.2 Å². The van der Waals surface area contributed by atoms with Gasteiger partial charge in [0.15, 0.2) is 0 Å². The first kappa shape index (κ1) is 10.2. The van der Waals surface area contributed by atoms with E-state index in [9.17, 15) is 9.59 Å². The molecule has 1 atom stereocenters. The lowest BCUT2D eigenvalue weighted by atomic mass is 10.3. The number of nitrogens with one attached hydrogen (secondary N) is 1. The van der Waals surface area contributed by atoms with Crippen molar-refractivity contribution in [3.05, 3.63) is 0 Å². The Morgan fingerprint density at radius 3 is 2.27 bits per heavy atom. The van der Waals surface area contributed by atoms with Gasteiger partial charge in [-0.25, -0.2) is 0 Å². The summed E-state index contributed by atoms with van der Waals surface area (Å²) < 4.78 is 0. The van der Waals surface area contributed by atoms with Crippen molar-refractivity contribution < 1.29 is 19.8 Å². The Bertz CT molecular complexity index is 161. The normalized spacial score (nSPS) is 12.5. The zero-order valence-electron chi connectivity index (χ0n) is 5.58.